The third-order valence-corrected chi connectivity index (χ3v) is 6.80. The van der Waals surface area contributed by atoms with Crippen LogP contribution in [0.25, 0.3) is 16.7 Å². The van der Waals surface area contributed by atoms with Crippen LogP contribution in [0, 0.1) is 0 Å². The van der Waals surface area contributed by atoms with E-state index in [1.807, 2.05) is 37.3 Å². The maximum Gasteiger partial charge on any atom is 0.352 e. The Balaban J connectivity index is 1.52. The van der Waals surface area contributed by atoms with Crippen molar-refractivity contribution in [3.8, 4) is 0 Å². The van der Waals surface area contributed by atoms with Crippen LogP contribution in [0.15, 0.2) is 58.1 Å². The second-order valence-corrected chi connectivity index (χ2v) is 9.48. The Hall–Kier alpha value is -4.21. The number of nitrogens with one attached hydrogen (secondary N) is 2. The highest BCUT2D eigenvalue weighted by Crippen LogP contribution is 2.19. The number of carbonyl (C=O) groups is 2. The highest BCUT2D eigenvalue weighted by Gasteiger charge is 2.21. The van der Waals surface area contributed by atoms with Gasteiger partial charge in [0.25, 0.3) is 11.5 Å². The van der Waals surface area contributed by atoms with E-state index < -0.39 is 5.69 Å². The molecule has 10 heteroatoms. The molecular formula is C27H30N6O4. The van der Waals surface area contributed by atoms with Crippen molar-refractivity contribution in [2.75, 3.05) is 0 Å². The number of hydrogen-bond donors (Lipinski definition) is 2. The number of rotatable bonds is 8. The molecule has 2 aromatic heterocycles. The third-order valence-electron chi connectivity index (χ3n) is 6.80. The Bertz CT molecular complexity index is 1580. The quantitative estimate of drug-likeness (QED) is 0.383. The van der Waals surface area contributed by atoms with Gasteiger partial charge in [0.2, 0.25) is 11.7 Å². The summed E-state index contributed by atoms with van der Waals surface area (Å²) in [6.45, 7) is 2.32. The third kappa shape index (κ3) is 4.91. The average Bonchev–Trinajstić information content (AvgIpc) is 3.53. The number of fused-ring (bicyclic) bond motifs is 3. The summed E-state index contributed by atoms with van der Waals surface area (Å²) < 4.78 is 3.83. The highest BCUT2D eigenvalue weighted by atomic mass is 16.2. The fourth-order valence-electron chi connectivity index (χ4n) is 4.91. The monoisotopic (exact) mass is 502 g/mol. The van der Waals surface area contributed by atoms with Crippen molar-refractivity contribution in [2.24, 2.45) is 0 Å². The second-order valence-electron chi connectivity index (χ2n) is 9.48. The van der Waals surface area contributed by atoms with Gasteiger partial charge in [-0.15, -0.1) is 5.10 Å². The van der Waals surface area contributed by atoms with Crippen LogP contribution in [0.1, 0.15) is 54.9 Å². The SMILES string of the molecule is CCCn1c(=O)c2ccc(C(=O)NC3CCCC3)cc2n2c(=O)n(CC(=O)NCc3ccccc3)nc12. The van der Waals surface area contributed by atoms with E-state index in [2.05, 4.69) is 15.7 Å². The average molecular weight is 503 g/mol. The van der Waals surface area contributed by atoms with Crippen LogP contribution in [0.5, 0.6) is 0 Å². The molecule has 5 rings (SSSR count). The first kappa shape index (κ1) is 24.5. The van der Waals surface area contributed by atoms with Crippen molar-refractivity contribution >= 4 is 28.5 Å². The first-order valence-electron chi connectivity index (χ1n) is 12.7. The van der Waals surface area contributed by atoms with Crippen LogP contribution in [-0.2, 0) is 24.4 Å². The van der Waals surface area contributed by atoms with E-state index >= 15 is 0 Å². The molecule has 10 nitrogen and oxygen atoms in total. The lowest BCUT2D eigenvalue weighted by Crippen LogP contribution is -2.33. The minimum atomic E-state index is -0.548. The van der Waals surface area contributed by atoms with E-state index in [0.29, 0.717) is 36.0 Å². The molecule has 0 radical (unpaired) electrons. The maximum atomic E-state index is 13.4. The van der Waals surface area contributed by atoms with Crippen molar-refractivity contribution in [1.82, 2.24) is 29.4 Å². The van der Waals surface area contributed by atoms with Gasteiger partial charge in [0.1, 0.15) is 6.54 Å². The molecule has 0 saturated heterocycles. The van der Waals surface area contributed by atoms with Crippen molar-refractivity contribution < 1.29 is 9.59 Å². The molecule has 0 bridgehead atoms. The van der Waals surface area contributed by atoms with Gasteiger partial charge in [0.05, 0.1) is 10.9 Å². The van der Waals surface area contributed by atoms with Gasteiger partial charge < -0.3 is 10.6 Å². The smallest absolute Gasteiger partial charge is 0.350 e. The summed E-state index contributed by atoms with van der Waals surface area (Å²) in [5.74, 6) is -0.464. The largest absolute Gasteiger partial charge is 0.352 e. The lowest BCUT2D eigenvalue weighted by atomic mass is 10.1. The zero-order valence-electron chi connectivity index (χ0n) is 20.8. The van der Waals surface area contributed by atoms with Crippen LogP contribution >= 0.6 is 0 Å². The first-order chi connectivity index (χ1) is 18.0. The molecule has 37 heavy (non-hydrogen) atoms. The summed E-state index contributed by atoms with van der Waals surface area (Å²) in [6.07, 6.45) is 4.73. The van der Waals surface area contributed by atoms with Crippen molar-refractivity contribution in [1.29, 1.82) is 0 Å². The molecule has 1 aliphatic rings. The number of amides is 2. The summed E-state index contributed by atoms with van der Waals surface area (Å²) in [7, 11) is 0. The number of nitrogens with zero attached hydrogens (tertiary/aromatic N) is 4. The molecule has 2 N–H and O–H groups in total. The fourth-order valence-corrected chi connectivity index (χ4v) is 4.91. The summed E-state index contributed by atoms with van der Waals surface area (Å²) in [5, 5.41) is 10.5. The summed E-state index contributed by atoms with van der Waals surface area (Å²) in [5.41, 5.74) is 0.760. The molecule has 2 amide bonds. The van der Waals surface area contributed by atoms with Gasteiger partial charge in [-0.3, -0.25) is 19.0 Å². The molecule has 0 atom stereocenters. The van der Waals surface area contributed by atoms with Gasteiger partial charge in [-0.25, -0.2) is 13.9 Å². The topological polar surface area (TPSA) is 120 Å². The minimum absolute atomic E-state index is 0.139. The molecule has 1 aliphatic carbocycles. The lowest BCUT2D eigenvalue weighted by molar-refractivity contribution is -0.122. The Morgan fingerprint density at radius 3 is 2.54 bits per heavy atom. The predicted molar refractivity (Wildman–Crippen MR) is 140 cm³/mol. The van der Waals surface area contributed by atoms with E-state index in [9.17, 15) is 19.2 Å². The number of aryl methyl sites for hydroxylation is 1. The molecule has 1 fully saturated rings. The van der Waals surface area contributed by atoms with Gasteiger partial charge >= 0.3 is 5.69 Å². The Morgan fingerprint density at radius 1 is 1.05 bits per heavy atom. The van der Waals surface area contributed by atoms with Gasteiger partial charge in [-0.2, -0.15) is 0 Å². The molecule has 4 aromatic rings. The Labute approximate surface area is 212 Å². The number of benzene rings is 2. The van der Waals surface area contributed by atoms with Crippen molar-refractivity contribution in [3.05, 3.63) is 80.5 Å². The normalized spacial score (nSPS) is 13.9. The number of hydrogen-bond acceptors (Lipinski definition) is 5. The molecule has 0 aliphatic heterocycles. The predicted octanol–water partition coefficient (Wildman–Crippen LogP) is 2.21. The number of carbonyl (C=O) groups excluding carboxylic acids is 2. The van der Waals surface area contributed by atoms with Crippen LogP contribution in [0.2, 0.25) is 0 Å². The zero-order valence-corrected chi connectivity index (χ0v) is 20.8. The van der Waals surface area contributed by atoms with E-state index in [1.54, 1.807) is 18.2 Å². The van der Waals surface area contributed by atoms with Gasteiger partial charge in [0, 0.05) is 24.7 Å². The van der Waals surface area contributed by atoms with E-state index in [4.69, 9.17) is 0 Å². The zero-order chi connectivity index (χ0) is 25.9. The second kappa shape index (κ2) is 10.4. The van der Waals surface area contributed by atoms with Gasteiger partial charge in [-0.05, 0) is 43.0 Å². The van der Waals surface area contributed by atoms with Crippen molar-refractivity contribution in [3.63, 3.8) is 0 Å². The standard InChI is InChI=1S/C27H30N6O4/c1-2-14-31-25(36)21-13-12-19(24(35)29-20-10-6-7-11-20)15-22(21)33-26(31)30-32(27(33)37)17-23(34)28-16-18-8-4-3-5-9-18/h3-5,8-9,12-13,15,20H,2,6-7,10-11,14,16-17H2,1H3,(H,28,34)(H,29,35). The van der Waals surface area contributed by atoms with E-state index in [1.165, 1.54) is 8.97 Å². The van der Waals surface area contributed by atoms with E-state index in [0.717, 1.165) is 35.9 Å². The number of aromatic nitrogens is 4. The lowest BCUT2D eigenvalue weighted by Gasteiger charge is -2.13. The first-order valence-corrected chi connectivity index (χ1v) is 12.7. The molecular weight excluding hydrogens is 472 g/mol. The Kier molecular flexibility index (Phi) is 6.89. The maximum absolute atomic E-state index is 13.4. The molecule has 2 heterocycles. The molecule has 192 valence electrons. The summed E-state index contributed by atoms with van der Waals surface area (Å²) in [4.78, 5) is 52.3. The minimum Gasteiger partial charge on any atom is -0.350 e. The Morgan fingerprint density at radius 2 is 1.81 bits per heavy atom. The molecule has 0 spiro atoms. The summed E-state index contributed by atoms with van der Waals surface area (Å²) >= 11 is 0. The fraction of sp³-hybridized carbons (Fsp3) is 0.370. The summed E-state index contributed by atoms with van der Waals surface area (Å²) in [6, 6.07) is 14.4. The van der Waals surface area contributed by atoms with Crippen molar-refractivity contribution in [2.45, 2.75) is 64.7 Å². The molecule has 0 unspecified atom stereocenters. The highest BCUT2D eigenvalue weighted by molar-refractivity contribution is 5.98. The molecule has 1 saturated carbocycles. The van der Waals surface area contributed by atoms with Crippen LogP contribution in [-0.4, -0.2) is 36.6 Å². The van der Waals surface area contributed by atoms with E-state index in [-0.39, 0.29) is 35.7 Å². The van der Waals surface area contributed by atoms with Gasteiger partial charge in [0.15, 0.2) is 0 Å². The van der Waals surface area contributed by atoms with Crippen LogP contribution in [0.3, 0.4) is 0 Å². The molecule has 2 aromatic carbocycles. The van der Waals surface area contributed by atoms with Gasteiger partial charge in [-0.1, -0.05) is 50.1 Å². The van der Waals surface area contributed by atoms with Crippen LogP contribution < -0.4 is 21.9 Å². The van der Waals surface area contributed by atoms with Crippen LogP contribution in [0.4, 0.5) is 0 Å².